The molecule has 0 spiro atoms. The van der Waals surface area contributed by atoms with Crippen molar-refractivity contribution in [3.63, 3.8) is 0 Å². The molecule has 162 valence electrons. The number of hydrogen-bond donors (Lipinski definition) is 1. The molecule has 2 aromatic carbocycles. The Hall–Kier alpha value is -1.99. The highest BCUT2D eigenvalue weighted by Gasteiger charge is 2.26. The van der Waals surface area contributed by atoms with Crippen molar-refractivity contribution in [2.45, 2.75) is 45.1 Å². The molecule has 1 aliphatic rings. The van der Waals surface area contributed by atoms with Gasteiger partial charge in [0.15, 0.2) is 0 Å². The summed E-state index contributed by atoms with van der Waals surface area (Å²) in [6, 6.07) is 13.9. The lowest BCUT2D eigenvalue weighted by atomic mass is 10.0. The Kier molecular flexibility index (Phi) is 8.22. The zero-order valence-corrected chi connectivity index (χ0v) is 18.1. The largest absolute Gasteiger partial charge is 0.390 e. The van der Waals surface area contributed by atoms with Gasteiger partial charge in [0.05, 0.1) is 24.5 Å². The standard InChI is InChI=1S/C23H28ClFN2O3/c1-16(2)29-15-20(28)13-27(12-18-5-3-4-6-22(18)24)14-21-11-23(26-30-21)17-7-9-19(25)10-8-17/h3-10,16,20-21,28H,11-15H2,1-2H3/t20-,21+/m0/s1. The summed E-state index contributed by atoms with van der Waals surface area (Å²) in [7, 11) is 0. The Labute approximate surface area is 182 Å². The van der Waals surface area contributed by atoms with Gasteiger partial charge in [0.1, 0.15) is 11.9 Å². The summed E-state index contributed by atoms with van der Waals surface area (Å²) in [5.41, 5.74) is 2.62. The van der Waals surface area contributed by atoms with Crippen LogP contribution < -0.4 is 0 Å². The van der Waals surface area contributed by atoms with Crippen LogP contribution in [0.5, 0.6) is 0 Å². The van der Waals surface area contributed by atoms with E-state index in [-0.39, 0.29) is 24.6 Å². The van der Waals surface area contributed by atoms with Gasteiger partial charge in [-0.05, 0) is 43.2 Å². The average Bonchev–Trinajstić information content (AvgIpc) is 3.17. The maximum Gasteiger partial charge on any atom is 0.145 e. The lowest BCUT2D eigenvalue weighted by molar-refractivity contribution is -0.0194. The Morgan fingerprint density at radius 1 is 1.23 bits per heavy atom. The van der Waals surface area contributed by atoms with Crippen molar-refractivity contribution in [3.8, 4) is 0 Å². The fourth-order valence-electron chi connectivity index (χ4n) is 3.35. The van der Waals surface area contributed by atoms with Crippen LogP contribution in [0.1, 0.15) is 31.4 Å². The molecule has 1 aliphatic heterocycles. The average molecular weight is 435 g/mol. The van der Waals surface area contributed by atoms with E-state index >= 15 is 0 Å². The molecule has 0 saturated heterocycles. The maximum atomic E-state index is 13.2. The first kappa shape index (κ1) is 22.7. The van der Waals surface area contributed by atoms with Gasteiger partial charge in [-0.25, -0.2) is 4.39 Å². The molecule has 2 aromatic rings. The van der Waals surface area contributed by atoms with Crippen molar-refractivity contribution in [1.29, 1.82) is 0 Å². The van der Waals surface area contributed by atoms with Crippen molar-refractivity contribution in [1.82, 2.24) is 4.90 Å². The van der Waals surface area contributed by atoms with Gasteiger partial charge in [0, 0.05) is 31.1 Å². The Balaban J connectivity index is 1.63. The van der Waals surface area contributed by atoms with Gasteiger partial charge in [-0.2, -0.15) is 0 Å². The zero-order chi connectivity index (χ0) is 21.5. The molecule has 0 fully saturated rings. The molecular formula is C23H28ClFN2O3. The van der Waals surface area contributed by atoms with Crippen molar-refractivity contribution in [3.05, 3.63) is 70.5 Å². The van der Waals surface area contributed by atoms with Crippen molar-refractivity contribution in [2.75, 3.05) is 19.7 Å². The molecule has 30 heavy (non-hydrogen) atoms. The third-order valence-electron chi connectivity index (χ3n) is 4.81. The van der Waals surface area contributed by atoms with Crippen LogP contribution in [0.4, 0.5) is 4.39 Å². The molecule has 1 N–H and O–H groups in total. The minimum absolute atomic E-state index is 0.0569. The summed E-state index contributed by atoms with van der Waals surface area (Å²) >= 11 is 6.34. The zero-order valence-electron chi connectivity index (χ0n) is 17.3. The highest BCUT2D eigenvalue weighted by Crippen LogP contribution is 2.21. The van der Waals surface area contributed by atoms with Gasteiger partial charge in [0.25, 0.3) is 0 Å². The topological polar surface area (TPSA) is 54.3 Å². The van der Waals surface area contributed by atoms with Crippen LogP contribution in [0.2, 0.25) is 5.02 Å². The van der Waals surface area contributed by atoms with Crippen LogP contribution in [-0.4, -0.2) is 53.7 Å². The summed E-state index contributed by atoms with van der Waals surface area (Å²) in [6.45, 7) is 5.70. The number of benzene rings is 2. The summed E-state index contributed by atoms with van der Waals surface area (Å²) in [6.07, 6.45) is -0.121. The fourth-order valence-corrected chi connectivity index (χ4v) is 3.55. The number of aliphatic hydroxyl groups excluding tert-OH is 1. The van der Waals surface area contributed by atoms with E-state index in [9.17, 15) is 9.50 Å². The Morgan fingerprint density at radius 3 is 2.67 bits per heavy atom. The second-order valence-corrected chi connectivity index (χ2v) is 8.21. The number of halogens is 2. The quantitative estimate of drug-likeness (QED) is 0.607. The fraction of sp³-hybridized carbons (Fsp3) is 0.435. The van der Waals surface area contributed by atoms with Crippen molar-refractivity contribution in [2.24, 2.45) is 5.16 Å². The maximum absolute atomic E-state index is 13.2. The second kappa shape index (κ2) is 10.9. The first-order chi connectivity index (χ1) is 14.4. The highest BCUT2D eigenvalue weighted by molar-refractivity contribution is 6.31. The third-order valence-corrected chi connectivity index (χ3v) is 5.18. The number of aliphatic hydroxyl groups is 1. The smallest absolute Gasteiger partial charge is 0.145 e. The Bertz CT molecular complexity index is 845. The monoisotopic (exact) mass is 434 g/mol. The van der Waals surface area contributed by atoms with Crippen LogP contribution in [0.3, 0.4) is 0 Å². The minimum Gasteiger partial charge on any atom is -0.390 e. The van der Waals surface area contributed by atoms with Crippen LogP contribution in [-0.2, 0) is 16.1 Å². The van der Waals surface area contributed by atoms with E-state index in [1.165, 1.54) is 12.1 Å². The summed E-state index contributed by atoms with van der Waals surface area (Å²) in [5, 5.41) is 15.3. The third kappa shape index (κ3) is 6.77. The number of hydrogen-bond acceptors (Lipinski definition) is 5. The first-order valence-corrected chi connectivity index (χ1v) is 10.5. The molecule has 5 nitrogen and oxygen atoms in total. The lowest BCUT2D eigenvalue weighted by Gasteiger charge is -2.27. The van der Waals surface area contributed by atoms with E-state index in [2.05, 4.69) is 10.1 Å². The van der Waals surface area contributed by atoms with E-state index in [4.69, 9.17) is 21.2 Å². The summed E-state index contributed by atoms with van der Waals surface area (Å²) in [4.78, 5) is 7.74. The van der Waals surface area contributed by atoms with E-state index < -0.39 is 6.10 Å². The molecular weight excluding hydrogens is 407 g/mol. The van der Waals surface area contributed by atoms with E-state index in [0.717, 1.165) is 16.8 Å². The molecule has 0 amide bonds. The van der Waals surface area contributed by atoms with Crippen molar-refractivity contribution < 1.29 is 19.1 Å². The number of oxime groups is 1. The predicted molar refractivity (Wildman–Crippen MR) is 116 cm³/mol. The van der Waals surface area contributed by atoms with Crippen LogP contribution in [0.15, 0.2) is 53.7 Å². The summed E-state index contributed by atoms with van der Waals surface area (Å²) in [5.74, 6) is -0.279. The van der Waals surface area contributed by atoms with Crippen molar-refractivity contribution >= 4 is 17.3 Å². The van der Waals surface area contributed by atoms with Gasteiger partial charge in [-0.15, -0.1) is 0 Å². The number of rotatable bonds is 10. The predicted octanol–water partition coefficient (Wildman–Crippen LogP) is 4.26. The van der Waals surface area contributed by atoms with Crippen LogP contribution in [0, 0.1) is 5.82 Å². The number of ether oxygens (including phenoxy) is 1. The van der Waals surface area contributed by atoms with Gasteiger partial charge >= 0.3 is 0 Å². The molecule has 0 unspecified atom stereocenters. The van der Waals surface area contributed by atoms with E-state index in [0.29, 0.717) is 31.1 Å². The van der Waals surface area contributed by atoms with Gasteiger partial charge in [-0.3, -0.25) is 4.90 Å². The molecule has 7 heteroatoms. The van der Waals surface area contributed by atoms with Gasteiger partial charge in [0.2, 0.25) is 0 Å². The SMILES string of the molecule is CC(C)OC[C@@H](O)CN(Cc1ccccc1Cl)C[C@H]1CC(c2ccc(F)cc2)=NO1. The number of nitrogens with zero attached hydrogens (tertiary/aromatic N) is 2. The molecule has 1 heterocycles. The van der Waals surface area contributed by atoms with Crippen LogP contribution >= 0.6 is 11.6 Å². The molecule has 3 rings (SSSR count). The van der Waals surface area contributed by atoms with Gasteiger partial charge < -0.3 is 14.7 Å². The minimum atomic E-state index is -0.631. The Morgan fingerprint density at radius 2 is 1.97 bits per heavy atom. The molecule has 0 bridgehead atoms. The second-order valence-electron chi connectivity index (χ2n) is 7.80. The normalized spacial score (nSPS) is 17.3. The molecule has 0 aromatic heterocycles. The lowest BCUT2D eigenvalue weighted by Crippen LogP contribution is -2.39. The molecule has 0 radical (unpaired) electrons. The van der Waals surface area contributed by atoms with E-state index in [1.54, 1.807) is 12.1 Å². The molecule has 0 saturated carbocycles. The first-order valence-electron chi connectivity index (χ1n) is 10.1. The molecule has 2 atom stereocenters. The summed E-state index contributed by atoms with van der Waals surface area (Å²) < 4.78 is 18.7. The van der Waals surface area contributed by atoms with E-state index in [1.807, 2.05) is 38.1 Å². The van der Waals surface area contributed by atoms with Crippen LogP contribution in [0.25, 0.3) is 0 Å². The van der Waals surface area contributed by atoms with Gasteiger partial charge in [-0.1, -0.05) is 47.1 Å². The molecule has 0 aliphatic carbocycles. The highest BCUT2D eigenvalue weighted by atomic mass is 35.5.